The quantitative estimate of drug-likeness (QED) is 0.801. The van der Waals surface area contributed by atoms with Gasteiger partial charge in [0, 0.05) is 25.3 Å². The second kappa shape index (κ2) is 7.20. The van der Waals surface area contributed by atoms with E-state index in [9.17, 15) is 27.5 Å². The molecular formula is C17H22F4N2O3. The molecule has 1 amide bonds. The van der Waals surface area contributed by atoms with E-state index in [1.54, 1.807) is 0 Å². The predicted octanol–water partition coefficient (Wildman–Crippen LogP) is 4.14. The molecule has 1 atom stereocenters. The number of hydrogen-bond acceptors (Lipinski definition) is 3. The number of amides is 1. The third-order valence-corrected chi connectivity index (χ3v) is 4.34. The Bertz CT molecular complexity index is 632. The van der Waals surface area contributed by atoms with Crippen LogP contribution in [-0.2, 0) is 0 Å². The van der Waals surface area contributed by atoms with E-state index in [2.05, 4.69) is 4.74 Å². The van der Waals surface area contributed by atoms with E-state index in [0.717, 1.165) is 0 Å². The van der Waals surface area contributed by atoms with Gasteiger partial charge in [-0.15, -0.1) is 0 Å². The number of alkyl halides is 4. The van der Waals surface area contributed by atoms with E-state index in [1.807, 2.05) is 25.7 Å². The van der Waals surface area contributed by atoms with Crippen LogP contribution in [-0.4, -0.2) is 54.3 Å². The third-order valence-electron chi connectivity index (χ3n) is 4.34. The van der Waals surface area contributed by atoms with Gasteiger partial charge in [-0.3, -0.25) is 0 Å². The molecule has 1 aliphatic rings. The molecule has 1 fully saturated rings. The van der Waals surface area contributed by atoms with E-state index in [-0.39, 0.29) is 17.2 Å². The highest BCUT2D eigenvalue weighted by Gasteiger charge is 2.44. The van der Waals surface area contributed by atoms with Crippen molar-refractivity contribution in [2.45, 2.75) is 39.3 Å². The SMILES string of the molecule is CC(C)(C)C1CN(c2ccc(OC(F)(F)C(F)F)cc2)CCN1C(=O)O. The van der Waals surface area contributed by atoms with Crippen molar-refractivity contribution in [3.63, 3.8) is 0 Å². The van der Waals surface area contributed by atoms with Crippen molar-refractivity contribution < 1.29 is 32.2 Å². The van der Waals surface area contributed by atoms with Crippen molar-refractivity contribution in [2.24, 2.45) is 5.41 Å². The molecule has 1 aromatic rings. The predicted molar refractivity (Wildman–Crippen MR) is 88.2 cm³/mol. The van der Waals surface area contributed by atoms with E-state index in [0.29, 0.717) is 25.3 Å². The summed E-state index contributed by atoms with van der Waals surface area (Å²) < 4.78 is 54.3. The van der Waals surface area contributed by atoms with Crippen LogP contribution in [0.5, 0.6) is 5.75 Å². The lowest BCUT2D eigenvalue weighted by Gasteiger charge is -2.46. The Morgan fingerprint density at radius 3 is 2.23 bits per heavy atom. The summed E-state index contributed by atoms with van der Waals surface area (Å²) in [5, 5.41) is 9.38. The fourth-order valence-electron chi connectivity index (χ4n) is 2.91. The van der Waals surface area contributed by atoms with Gasteiger partial charge < -0.3 is 19.6 Å². The van der Waals surface area contributed by atoms with Crippen LogP contribution in [0.3, 0.4) is 0 Å². The number of ether oxygens (including phenoxy) is 1. The van der Waals surface area contributed by atoms with Gasteiger partial charge >= 0.3 is 18.6 Å². The van der Waals surface area contributed by atoms with E-state index in [1.165, 1.54) is 29.2 Å². The van der Waals surface area contributed by atoms with Crippen molar-refractivity contribution in [3.05, 3.63) is 24.3 Å². The van der Waals surface area contributed by atoms with Gasteiger partial charge in [0.25, 0.3) is 0 Å². The molecule has 0 saturated carbocycles. The number of rotatable bonds is 4. The zero-order valence-electron chi connectivity index (χ0n) is 14.8. The highest BCUT2D eigenvalue weighted by molar-refractivity contribution is 5.66. The Labute approximate surface area is 149 Å². The number of halogens is 4. The topological polar surface area (TPSA) is 53.0 Å². The number of carbonyl (C=O) groups is 1. The Kier molecular flexibility index (Phi) is 5.58. The first-order valence-electron chi connectivity index (χ1n) is 8.11. The van der Waals surface area contributed by atoms with Crippen LogP contribution in [0.1, 0.15) is 20.8 Å². The molecule has 146 valence electrons. The second-order valence-electron chi connectivity index (χ2n) is 7.26. The molecule has 0 aliphatic carbocycles. The van der Waals surface area contributed by atoms with Crippen LogP contribution >= 0.6 is 0 Å². The molecule has 1 heterocycles. The molecule has 0 radical (unpaired) electrons. The Morgan fingerprint density at radius 2 is 1.77 bits per heavy atom. The average Bonchev–Trinajstić information content (AvgIpc) is 2.53. The molecule has 0 spiro atoms. The lowest BCUT2D eigenvalue weighted by atomic mass is 9.84. The van der Waals surface area contributed by atoms with Gasteiger partial charge in [0.15, 0.2) is 0 Å². The molecule has 9 heteroatoms. The first-order chi connectivity index (χ1) is 11.9. The number of anilines is 1. The highest BCUT2D eigenvalue weighted by atomic mass is 19.3. The largest absolute Gasteiger partial charge is 0.465 e. The van der Waals surface area contributed by atoms with E-state index in [4.69, 9.17) is 0 Å². The minimum Gasteiger partial charge on any atom is -0.465 e. The molecule has 1 aromatic carbocycles. The van der Waals surface area contributed by atoms with Crippen LogP contribution < -0.4 is 9.64 Å². The number of nitrogens with zero attached hydrogens (tertiary/aromatic N) is 2. The standard InChI is InChI=1S/C17H22F4N2O3/c1-16(2,3)13-10-22(8-9-23(13)15(24)25)11-4-6-12(7-5-11)26-17(20,21)14(18)19/h4-7,13-14H,8-10H2,1-3H3,(H,24,25). The third kappa shape index (κ3) is 4.50. The lowest BCUT2D eigenvalue weighted by molar-refractivity contribution is -0.253. The molecular weight excluding hydrogens is 356 g/mol. The number of benzene rings is 1. The molecule has 1 unspecified atom stereocenters. The van der Waals surface area contributed by atoms with Crippen LogP contribution in [0, 0.1) is 5.41 Å². The maximum Gasteiger partial charge on any atom is 0.461 e. The molecule has 0 aromatic heterocycles. The van der Waals surface area contributed by atoms with E-state index < -0.39 is 18.6 Å². The summed E-state index contributed by atoms with van der Waals surface area (Å²) in [5.41, 5.74) is 0.386. The normalized spacial score (nSPS) is 19.0. The van der Waals surface area contributed by atoms with E-state index >= 15 is 0 Å². The summed E-state index contributed by atoms with van der Waals surface area (Å²) in [4.78, 5) is 14.8. The molecule has 1 aliphatic heterocycles. The van der Waals surface area contributed by atoms with Crippen LogP contribution in [0.2, 0.25) is 0 Å². The minimum absolute atomic E-state index is 0.257. The molecule has 2 rings (SSSR count). The molecule has 1 N–H and O–H groups in total. The number of carboxylic acid groups (broad SMARTS) is 1. The fraction of sp³-hybridized carbons (Fsp3) is 0.588. The Hall–Kier alpha value is -2.19. The molecule has 26 heavy (non-hydrogen) atoms. The van der Waals surface area contributed by atoms with Gasteiger partial charge in [0.05, 0.1) is 6.04 Å². The van der Waals surface area contributed by atoms with Crippen molar-refractivity contribution in [3.8, 4) is 5.75 Å². The Balaban J connectivity index is 2.13. The number of hydrogen-bond donors (Lipinski definition) is 1. The second-order valence-corrected chi connectivity index (χ2v) is 7.26. The first-order valence-corrected chi connectivity index (χ1v) is 8.11. The van der Waals surface area contributed by atoms with Crippen molar-refractivity contribution >= 4 is 11.8 Å². The van der Waals surface area contributed by atoms with Crippen LogP contribution in [0.15, 0.2) is 24.3 Å². The molecule has 5 nitrogen and oxygen atoms in total. The maximum absolute atomic E-state index is 12.9. The van der Waals surface area contributed by atoms with Crippen LogP contribution in [0.25, 0.3) is 0 Å². The summed E-state index contributed by atoms with van der Waals surface area (Å²) in [5.74, 6) is -0.365. The van der Waals surface area contributed by atoms with Gasteiger partial charge in [0.2, 0.25) is 0 Å². The number of piperazine rings is 1. The maximum atomic E-state index is 12.9. The van der Waals surface area contributed by atoms with Crippen molar-refractivity contribution in [1.29, 1.82) is 0 Å². The average molecular weight is 378 g/mol. The summed E-state index contributed by atoms with van der Waals surface area (Å²) in [6.07, 6.45) is -9.45. The zero-order valence-corrected chi connectivity index (χ0v) is 14.8. The monoisotopic (exact) mass is 378 g/mol. The molecule has 0 bridgehead atoms. The van der Waals surface area contributed by atoms with Crippen molar-refractivity contribution in [2.75, 3.05) is 24.5 Å². The van der Waals surface area contributed by atoms with Crippen molar-refractivity contribution in [1.82, 2.24) is 4.90 Å². The first kappa shape index (κ1) is 20.1. The van der Waals surface area contributed by atoms with Gasteiger partial charge in [-0.1, -0.05) is 20.8 Å². The lowest BCUT2D eigenvalue weighted by Crippen LogP contribution is -2.59. The molecule has 1 saturated heterocycles. The zero-order chi connectivity index (χ0) is 19.7. The minimum atomic E-state index is -4.55. The smallest absolute Gasteiger partial charge is 0.461 e. The summed E-state index contributed by atoms with van der Waals surface area (Å²) in [6.45, 7) is 7.01. The summed E-state index contributed by atoms with van der Waals surface area (Å²) in [7, 11) is 0. The van der Waals surface area contributed by atoms with Gasteiger partial charge in [-0.25, -0.2) is 4.79 Å². The van der Waals surface area contributed by atoms with Gasteiger partial charge in [-0.05, 0) is 29.7 Å². The van der Waals surface area contributed by atoms with Gasteiger partial charge in [0.1, 0.15) is 5.75 Å². The van der Waals surface area contributed by atoms with Crippen LogP contribution in [0.4, 0.5) is 28.0 Å². The summed E-state index contributed by atoms with van der Waals surface area (Å²) >= 11 is 0. The Morgan fingerprint density at radius 1 is 1.19 bits per heavy atom. The summed E-state index contributed by atoms with van der Waals surface area (Å²) in [6, 6.07) is 5.12. The van der Waals surface area contributed by atoms with Gasteiger partial charge in [-0.2, -0.15) is 17.6 Å². The highest BCUT2D eigenvalue weighted by Crippen LogP contribution is 2.32. The fourth-order valence-corrected chi connectivity index (χ4v) is 2.91.